The summed E-state index contributed by atoms with van der Waals surface area (Å²) in [5.41, 5.74) is -0.786. The van der Waals surface area contributed by atoms with Gasteiger partial charge >= 0.3 is 11.4 Å². The van der Waals surface area contributed by atoms with Crippen molar-refractivity contribution in [3.05, 3.63) is 124 Å². The number of hydrogen-bond donors (Lipinski definition) is 4. The molecule has 47 heavy (non-hydrogen) atoms. The summed E-state index contributed by atoms with van der Waals surface area (Å²) in [7, 11) is 0. The normalized spacial score (nSPS) is 16.9. The van der Waals surface area contributed by atoms with Crippen molar-refractivity contribution in [3.63, 3.8) is 0 Å². The molecule has 4 N–H and O–H groups in total. The largest absolute Gasteiger partial charge is 0.364 e. The SMILES string of the molecule is CC(C)n1c(=O)[nH]c2c(c1=O)C(=O)C[C@H](c1ccc(F)c(F)c1)N2.CC(C)n1c(=O)[nH]c2c(c1=O)CC[C@H](c1ccc(F)c(F)c1)N2. The minimum Gasteiger partial charge on any atom is -0.364 e. The quantitative estimate of drug-likeness (QED) is 0.234. The van der Waals surface area contributed by atoms with E-state index in [1.54, 1.807) is 27.7 Å². The number of ketones is 1. The number of fused-ring (bicyclic) bond motifs is 2. The summed E-state index contributed by atoms with van der Waals surface area (Å²) in [6.45, 7) is 6.86. The van der Waals surface area contributed by atoms with Gasteiger partial charge in [0.25, 0.3) is 11.1 Å². The molecule has 0 spiro atoms. The molecule has 15 heteroatoms. The number of carbonyl (C=O) groups is 1. The van der Waals surface area contributed by atoms with Crippen molar-refractivity contribution in [2.45, 2.75) is 71.1 Å². The van der Waals surface area contributed by atoms with E-state index in [2.05, 4.69) is 20.6 Å². The zero-order valence-electron chi connectivity index (χ0n) is 25.8. The molecular weight excluding hydrogens is 624 g/mol. The Kier molecular flexibility index (Phi) is 9.09. The zero-order valence-corrected chi connectivity index (χ0v) is 25.8. The summed E-state index contributed by atoms with van der Waals surface area (Å²) in [5.74, 6) is -3.94. The van der Waals surface area contributed by atoms with Crippen LogP contribution in [0, 0.1) is 23.3 Å². The molecule has 0 radical (unpaired) electrons. The van der Waals surface area contributed by atoms with Crippen molar-refractivity contribution in [2.24, 2.45) is 0 Å². The molecule has 0 amide bonds. The van der Waals surface area contributed by atoms with Gasteiger partial charge < -0.3 is 10.6 Å². The summed E-state index contributed by atoms with van der Waals surface area (Å²) < 4.78 is 55.0. The van der Waals surface area contributed by atoms with Gasteiger partial charge in [-0.1, -0.05) is 12.1 Å². The summed E-state index contributed by atoms with van der Waals surface area (Å²) in [6.07, 6.45) is 0.906. The Labute approximate surface area is 264 Å². The summed E-state index contributed by atoms with van der Waals surface area (Å²) in [6, 6.07) is 5.41. The van der Waals surface area contributed by atoms with Crippen LogP contribution in [0.4, 0.5) is 29.2 Å². The molecule has 0 saturated carbocycles. The summed E-state index contributed by atoms with van der Waals surface area (Å²) in [4.78, 5) is 66.5. The van der Waals surface area contributed by atoms with E-state index in [1.165, 1.54) is 16.7 Å². The van der Waals surface area contributed by atoms with Crippen LogP contribution in [0.2, 0.25) is 0 Å². The van der Waals surface area contributed by atoms with Crippen molar-refractivity contribution < 1.29 is 22.4 Å². The second-order valence-corrected chi connectivity index (χ2v) is 11.9. The second kappa shape index (κ2) is 12.9. The average molecular weight is 657 g/mol. The number of nitrogens with one attached hydrogen (secondary N) is 4. The number of rotatable bonds is 4. The molecule has 4 heterocycles. The number of carbonyl (C=O) groups excluding carboxylic acids is 1. The molecule has 4 aromatic rings. The van der Waals surface area contributed by atoms with Crippen LogP contribution in [0.5, 0.6) is 0 Å². The highest BCUT2D eigenvalue weighted by atomic mass is 19.2. The molecular formula is C32H32F4N6O5. The Morgan fingerprint density at radius 2 is 1.15 bits per heavy atom. The maximum atomic E-state index is 13.4. The van der Waals surface area contributed by atoms with Crippen LogP contribution in [0.3, 0.4) is 0 Å². The Bertz CT molecular complexity index is 2120. The Morgan fingerprint density at radius 3 is 1.68 bits per heavy atom. The zero-order chi connectivity index (χ0) is 34.3. The number of aromatic amines is 2. The van der Waals surface area contributed by atoms with Crippen molar-refractivity contribution in [3.8, 4) is 0 Å². The number of benzene rings is 2. The molecule has 2 aromatic carbocycles. The minimum atomic E-state index is -1.03. The molecule has 0 fully saturated rings. The maximum Gasteiger partial charge on any atom is 0.330 e. The monoisotopic (exact) mass is 656 g/mol. The van der Waals surface area contributed by atoms with Crippen LogP contribution in [0.15, 0.2) is 55.6 Å². The smallest absolute Gasteiger partial charge is 0.330 e. The average Bonchev–Trinajstić information content (AvgIpc) is 2.99. The van der Waals surface area contributed by atoms with Crippen LogP contribution in [-0.2, 0) is 6.42 Å². The number of anilines is 2. The molecule has 0 saturated heterocycles. The van der Waals surface area contributed by atoms with Crippen LogP contribution in [0.25, 0.3) is 0 Å². The minimum absolute atomic E-state index is 0.00730. The lowest BCUT2D eigenvalue weighted by molar-refractivity contribution is 0.0969. The van der Waals surface area contributed by atoms with Gasteiger partial charge in [0.05, 0.1) is 17.6 Å². The van der Waals surface area contributed by atoms with Crippen molar-refractivity contribution in [2.75, 3.05) is 10.6 Å². The third-order valence-electron chi connectivity index (χ3n) is 8.08. The molecule has 11 nitrogen and oxygen atoms in total. The predicted octanol–water partition coefficient (Wildman–Crippen LogP) is 4.63. The summed E-state index contributed by atoms with van der Waals surface area (Å²) in [5, 5.41) is 5.91. The standard InChI is InChI=1S/C16H15F2N3O3.C16H17F2N3O2/c1-7(2)21-15(23)13-12(22)6-11(19-14(13)20-16(21)24)8-3-4-9(17)10(18)5-8;1-8(2)21-15(22)10-4-6-13(19-14(10)20-16(21)23)9-3-5-11(17)12(18)7-9/h3-5,7,11,19H,6H2,1-2H3,(H,20,24);3,5,7-8,13,19H,4,6H2,1-2H3,(H,20,23)/t11-;13-/m11/s1. The second-order valence-electron chi connectivity index (χ2n) is 11.9. The van der Waals surface area contributed by atoms with Gasteiger partial charge in [-0.15, -0.1) is 0 Å². The molecule has 248 valence electrons. The van der Waals surface area contributed by atoms with Crippen molar-refractivity contribution in [1.82, 2.24) is 19.1 Å². The molecule has 6 rings (SSSR count). The molecule has 2 aliphatic rings. The van der Waals surface area contributed by atoms with Gasteiger partial charge in [0.1, 0.15) is 17.2 Å². The van der Waals surface area contributed by atoms with Crippen molar-refractivity contribution >= 4 is 17.4 Å². The number of Topliss-reactive ketones (excluding diaryl/α,β-unsaturated/α-hetero) is 1. The van der Waals surface area contributed by atoms with E-state index in [-0.39, 0.29) is 35.4 Å². The predicted molar refractivity (Wildman–Crippen MR) is 166 cm³/mol. The van der Waals surface area contributed by atoms with Gasteiger partial charge in [-0.25, -0.2) is 27.2 Å². The highest BCUT2D eigenvalue weighted by molar-refractivity contribution is 6.02. The fourth-order valence-electron chi connectivity index (χ4n) is 5.75. The molecule has 2 aromatic heterocycles. The fourth-order valence-corrected chi connectivity index (χ4v) is 5.75. The van der Waals surface area contributed by atoms with Gasteiger partial charge in [0, 0.05) is 18.5 Å². The molecule has 0 unspecified atom stereocenters. The number of hydrogen-bond acceptors (Lipinski definition) is 7. The maximum absolute atomic E-state index is 13.4. The van der Waals surface area contributed by atoms with E-state index in [0.29, 0.717) is 35.3 Å². The lowest BCUT2D eigenvalue weighted by Crippen LogP contribution is -2.42. The van der Waals surface area contributed by atoms with Crippen molar-refractivity contribution in [1.29, 1.82) is 0 Å². The highest BCUT2D eigenvalue weighted by Gasteiger charge is 2.31. The lowest BCUT2D eigenvalue weighted by Gasteiger charge is -2.27. The van der Waals surface area contributed by atoms with E-state index in [0.717, 1.165) is 28.8 Å². The van der Waals surface area contributed by atoms with E-state index in [9.17, 15) is 41.5 Å². The van der Waals surface area contributed by atoms with E-state index >= 15 is 0 Å². The van der Waals surface area contributed by atoms with Gasteiger partial charge in [-0.05, 0) is 75.9 Å². The Balaban J connectivity index is 0.000000185. The molecule has 0 bridgehead atoms. The molecule has 2 atom stereocenters. The van der Waals surface area contributed by atoms with Gasteiger partial charge in [-0.3, -0.25) is 33.5 Å². The van der Waals surface area contributed by atoms with Crippen LogP contribution in [-0.4, -0.2) is 24.9 Å². The van der Waals surface area contributed by atoms with E-state index in [1.807, 2.05) is 0 Å². The number of H-pyrrole nitrogens is 2. The Hall–Kier alpha value is -5.21. The lowest BCUT2D eigenvalue weighted by atomic mass is 9.94. The number of halogens is 4. The number of nitrogens with zero attached hydrogens (tertiary/aromatic N) is 2. The van der Waals surface area contributed by atoms with Gasteiger partial charge in [0.15, 0.2) is 29.1 Å². The first-order valence-corrected chi connectivity index (χ1v) is 14.9. The first kappa shape index (κ1) is 33.2. The summed E-state index contributed by atoms with van der Waals surface area (Å²) >= 11 is 0. The third-order valence-corrected chi connectivity index (χ3v) is 8.08. The number of aromatic nitrogens is 4. The topological polar surface area (TPSA) is 151 Å². The van der Waals surface area contributed by atoms with Crippen LogP contribution >= 0.6 is 0 Å². The molecule has 0 aliphatic carbocycles. The fraction of sp³-hybridized carbons (Fsp3) is 0.344. The first-order chi connectivity index (χ1) is 22.2. The van der Waals surface area contributed by atoms with Crippen LogP contribution < -0.4 is 33.1 Å². The third kappa shape index (κ3) is 6.42. The Morgan fingerprint density at radius 1 is 0.660 bits per heavy atom. The molecule has 2 aliphatic heterocycles. The van der Waals surface area contributed by atoms with E-state index < -0.39 is 58.1 Å². The van der Waals surface area contributed by atoms with Crippen LogP contribution in [0.1, 0.15) is 91.8 Å². The highest BCUT2D eigenvalue weighted by Crippen LogP contribution is 2.31. The van der Waals surface area contributed by atoms with Gasteiger partial charge in [0.2, 0.25) is 0 Å². The first-order valence-electron chi connectivity index (χ1n) is 14.9. The van der Waals surface area contributed by atoms with E-state index in [4.69, 9.17) is 0 Å². The van der Waals surface area contributed by atoms with Gasteiger partial charge in [-0.2, -0.15) is 0 Å².